The molecule has 0 unspecified atom stereocenters. The van der Waals surface area contributed by atoms with Crippen molar-refractivity contribution in [2.45, 2.75) is 51.5 Å². The molecule has 0 aliphatic carbocycles. The van der Waals surface area contributed by atoms with Crippen molar-refractivity contribution in [2.75, 3.05) is 6.61 Å². The molecule has 9 heteroatoms. The van der Waals surface area contributed by atoms with Gasteiger partial charge in [-0.3, -0.25) is 9.48 Å². The molecule has 0 saturated heterocycles. The molecule has 0 saturated carbocycles. The van der Waals surface area contributed by atoms with Crippen LogP contribution in [0.1, 0.15) is 55.4 Å². The van der Waals surface area contributed by atoms with Gasteiger partial charge in [-0.1, -0.05) is 30.3 Å². The van der Waals surface area contributed by atoms with Gasteiger partial charge in [-0.15, -0.1) is 0 Å². The van der Waals surface area contributed by atoms with Gasteiger partial charge in [0.15, 0.2) is 0 Å². The predicted molar refractivity (Wildman–Crippen MR) is 134 cm³/mol. The standard InChI is InChI=1S/C26H31N3O5S/c1-5-29-19(12-13-27-29)14-18-16-34-23-15-17(10-11-22(23)24(18)30)20-8-6-7-9-21(20)25(31)28-35(32,33)26(2,3)4/h6-13,15,18,24,30H,5,14,16H2,1-4H3,(H,28,31)/t18-,24+/m1/s1. The van der Waals surface area contributed by atoms with Crippen LogP contribution in [0.4, 0.5) is 0 Å². The van der Waals surface area contributed by atoms with Crippen LogP contribution < -0.4 is 9.46 Å². The Morgan fingerprint density at radius 1 is 1.20 bits per heavy atom. The van der Waals surface area contributed by atoms with E-state index in [1.807, 2.05) is 23.7 Å². The largest absolute Gasteiger partial charge is 0.493 e. The van der Waals surface area contributed by atoms with Gasteiger partial charge in [-0.25, -0.2) is 13.1 Å². The number of hydrogen-bond acceptors (Lipinski definition) is 6. The molecule has 8 nitrogen and oxygen atoms in total. The van der Waals surface area contributed by atoms with Gasteiger partial charge in [0.1, 0.15) is 5.75 Å². The van der Waals surface area contributed by atoms with Crippen molar-refractivity contribution in [3.05, 3.63) is 71.5 Å². The van der Waals surface area contributed by atoms with Crippen molar-refractivity contribution < 1.29 is 23.1 Å². The number of carbonyl (C=O) groups excluding carboxylic acids is 1. The molecule has 2 atom stereocenters. The number of carbonyl (C=O) groups is 1. The lowest BCUT2D eigenvalue weighted by Crippen LogP contribution is -2.42. The summed E-state index contributed by atoms with van der Waals surface area (Å²) in [4.78, 5) is 12.9. The van der Waals surface area contributed by atoms with Crippen LogP contribution in [0.5, 0.6) is 5.75 Å². The molecule has 0 bridgehead atoms. The van der Waals surface area contributed by atoms with Crippen LogP contribution >= 0.6 is 0 Å². The molecule has 2 aromatic carbocycles. The van der Waals surface area contributed by atoms with Gasteiger partial charge in [-0.2, -0.15) is 5.10 Å². The molecule has 0 spiro atoms. The Labute approximate surface area is 206 Å². The van der Waals surface area contributed by atoms with E-state index < -0.39 is 26.8 Å². The van der Waals surface area contributed by atoms with Crippen LogP contribution in [0.2, 0.25) is 0 Å². The van der Waals surface area contributed by atoms with E-state index in [0.717, 1.165) is 12.2 Å². The summed E-state index contributed by atoms with van der Waals surface area (Å²) in [6.45, 7) is 7.73. The summed E-state index contributed by atoms with van der Waals surface area (Å²) in [5, 5.41) is 15.3. The molecule has 35 heavy (non-hydrogen) atoms. The number of aromatic nitrogens is 2. The molecule has 3 aromatic rings. The predicted octanol–water partition coefficient (Wildman–Crippen LogP) is 3.71. The number of aliphatic hydroxyl groups excluding tert-OH is 1. The van der Waals surface area contributed by atoms with E-state index in [-0.39, 0.29) is 11.5 Å². The van der Waals surface area contributed by atoms with Crippen molar-refractivity contribution in [3.8, 4) is 16.9 Å². The van der Waals surface area contributed by atoms with Gasteiger partial charge in [0.05, 0.1) is 17.5 Å². The Morgan fingerprint density at radius 2 is 1.94 bits per heavy atom. The Balaban J connectivity index is 1.60. The molecule has 0 fully saturated rings. The van der Waals surface area contributed by atoms with Gasteiger partial charge in [0.25, 0.3) is 5.91 Å². The topological polar surface area (TPSA) is 111 Å². The first-order valence-electron chi connectivity index (χ1n) is 11.6. The van der Waals surface area contributed by atoms with E-state index in [0.29, 0.717) is 35.5 Å². The van der Waals surface area contributed by atoms with E-state index in [2.05, 4.69) is 9.82 Å². The van der Waals surface area contributed by atoms with E-state index >= 15 is 0 Å². The smallest absolute Gasteiger partial charge is 0.265 e. The second-order valence-electron chi connectivity index (χ2n) is 9.70. The summed E-state index contributed by atoms with van der Waals surface area (Å²) in [5.41, 5.74) is 3.24. The number of benzene rings is 2. The molecule has 2 N–H and O–H groups in total. The van der Waals surface area contributed by atoms with Gasteiger partial charge >= 0.3 is 0 Å². The average Bonchev–Trinajstić information content (AvgIpc) is 3.27. The fraction of sp³-hybridized carbons (Fsp3) is 0.385. The first kappa shape index (κ1) is 24.9. The highest BCUT2D eigenvalue weighted by Gasteiger charge is 2.33. The monoisotopic (exact) mass is 497 g/mol. The van der Waals surface area contributed by atoms with Crippen molar-refractivity contribution in [2.24, 2.45) is 5.92 Å². The van der Waals surface area contributed by atoms with Crippen LogP contribution in [0.25, 0.3) is 11.1 Å². The maximum absolute atomic E-state index is 12.9. The van der Waals surface area contributed by atoms with Crippen LogP contribution in [0.15, 0.2) is 54.7 Å². The van der Waals surface area contributed by atoms with E-state index in [9.17, 15) is 18.3 Å². The second-order valence-corrected chi connectivity index (χ2v) is 12.1. The SMILES string of the molecule is CCn1nccc1C[C@@H]1COc2cc(-c3ccccc3C(=O)NS(=O)(=O)C(C)(C)C)ccc2[C@H]1O. The lowest BCUT2D eigenvalue weighted by Gasteiger charge is -2.31. The second kappa shape index (κ2) is 9.47. The van der Waals surface area contributed by atoms with Gasteiger partial charge in [-0.05, 0) is 63.4 Å². The zero-order valence-corrected chi connectivity index (χ0v) is 21.2. The number of amides is 1. The average molecular weight is 498 g/mol. The summed E-state index contributed by atoms with van der Waals surface area (Å²) in [7, 11) is -3.86. The highest BCUT2D eigenvalue weighted by molar-refractivity contribution is 7.91. The van der Waals surface area contributed by atoms with Crippen LogP contribution in [-0.4, -0.2) is 40.6 Å². The van der Waals surface area contributed by atoms with Crippen molar-refractivity contribution >= 4 is 15.9 Å². The van der Waals surface area contributed by atoms with Crippen LogP contribution in [0, 0.1) is 5.92 Å². The van der Waals surface area contributed by atoms with Crippen LogP contribution in [-0.2, 0) is 23.0 Å². The number of fused-ring (bicyclic) bond motifs is 1. The summed E-state index contributed by atoms with van der Waals surface area (Å²) < 4.78 is 34.0. The Kier molecular flexibility index (Phi) is 6.75. The summed E-state index contributed by atoms with van der Waals surface area (Å²) >= 11 is 0. The summed E-state index contributed by atoms with van der Waals surface area (Å²) in [6, 6.07) is 14.2. The zero-order valence-electron chi connectivity index (χ0n) is 20.4. The molecule has 1 aliphatic rings. The number of nitrogens with zero attached hydrogens (tertiary/aromatic N) is 2. The summed E-state index contributed by atoms with van der Waals surface area (Å²) in [5.74, 6) is -0.259. The first-order chi connectivity index (χ1) is 16.5. The normalized spacial score (nSPS) is 18.0. The van der Waals surface area contributed by atoms with Crippen molar-refractivity contribution in [3.63, 3.8) is 0 Å². The molecule has 4 rings (SSSR count). The number of ether oxygens (including phenoxy) is 1. The minimum absolute atomic E-state index is 0.115. The van der Waals surface area contributed by atoms with E-state index in [4.69, 9.17) is 4.74 Å². The van der Waals surface area contributed by atoms with Crippen molar-refractivity contribution in [1.29, 1.82) is 0 Å². The number of nitrogens with one attached hydrogen (secondary N) is 1. The highest BCUT2D eigenvalue weighted by Crippen LogP contribution is 2.39. The zero-order chi connectivity index (χ0) is 25.4. The number of aryl methyl sites for hydroxylation is 1. The maximum Gasteiger partial charge on any atom is 0.265 e. The lowest BCUT2D eigenvalue weighted by atomic mass is 9.88. The Hall–Kier alpha value is -3.17. The number of rotatable bonds is 6. The number of hydrogen-bond donors (Lipinski definition) is 2. The molecular weight excluding hydrogens is 466 g/mol. The molecular formula is C26H31N3O5S. The number of aliphatic hydroxyl groups is 1. The fourth-order valence-corrected chi connectivity index (χ4v) is 4.79. The minimum atomic E-state index is -3.86. The quantitative estimate of drug-likeness (QED) is 0.537. The minimum Gasteiger partial charge on any atom is -0.493 e. The van der Waals surface area contributed by atoms with Gasteiger partial charge in [0, 0.05) is 35.5 Å². The van der Waals surface area contributed by atoms with Gasteiger partial charge in [0.2, 0.25) is 10.0 Å². The van der Waals surface area contributed by atoms with Crippen LogP contribution in [0.3, 0.4) is 0 Å². The van der Waals surface area contributed by atoms with Gasteiger partial charge < -0.3 is 9.84 Å². The third-order valence-electron chi connectivity index (χ3n) is 6.32. The van der Waals surface area contributed by atoms with E-state index in [1.165, 1.54) is 20.8 Å². The molecule has 2 heterocycles. The first-order valence-corrected chi connectivity index (χ1v) is 13.1. The Bertz CT molecular complexity index is 1340. The molecule has 1 aliphatic heterocycles. The van der Waals surface area contributed by atoms with E-state index in [1.54, 1.807) is 42.6 Å². The summed E-state index contributed by atoms with van der Waals surface area (Å²) in [6.07, 6.45) is 1.69. The molecule has 1 amide bonds. The molecule has 0 radical (unpaired) electrons. The Morgan fingerprint density at radius 3 is 2.66 bits per heavy atom. The lowest BCUT2D eigenvalue weighted by molar-refractivity contribution is 0.0498. The highest BCUT2D eigenvalue weighted by atomic mass is 32.2. The fourth-order valence-electron chi connectivity index (χ4n) is 4.13. The molecule has 186 valence electrons. The van der Waals surface area contributed by atoms with Crippen molar-refractivity contribution in [1.82, 2.24) is 14.5 Å². The third-order valence-corrected chi connectivity index (χ3v) is 8.39. The number of sulfonamides is 1. The third kappa shape index (κ3) is 4.97. The maximum atomic E-state index is 12.9. The molecule has 1 aromatic heterocycles.